The second kappa shape index (κ2) is 11.4. The predicted molar refractivity (Wildman–Crippen MR) is 103 cm³/mol. The molecular weight excluding hydrogens is 354 g/mol. The van der Waals surface area contributed by atoms with Crippen molar-refractivity contribution in [3.05, 3.63) is 41.5 Å². The zero-order valence-electron chi connectivity index (χ0n) is 15.5. The minimum absolute atomic E-state index is 0.236. The number of nitrogens with one attached hydrogen (secondary N) is 1. The maximum absolute atomic E-state index is 12.2. The summed E-state index contributed by atoms with van der Waals surface area (Å²) in [7, 11) is 1.34. The molecule has 1 aromatic rings. The molecule has 0 aliphatic carbocycles. The van der Waals surface area contributed by atoms with E-state index >= 15 is 0 Å². The predicted octanol–water partition coefficient (Wildman–Crippen LogP) is 2.43. The Morgan fingerprint density at radius 2 is 1.81 bits per heavy atom. The van der Waals surface area contributed by atoms with Crippen LogP contribution in [0.5, 0.6) is 0 Å². The highest BCUT2D eigenvalue weighted by molar-refractivity contribution is 7.99. The molecular formula is C19H25NO5S. The van der Waals surface area contributed by atoms with E-state index in [-0.39, 0.29) is 12.5 Å². The molecule has 1 aromatic carbocycles. The molecule has 0 spiro atoms. The van der Waals surface area contributed by atoms with Crippen LogP contribution in [0.4, 0.5) is 0 Å². The normalized spacial score (nSPS) is 12.6. The number of amides is 1. The third kappa shape index (κ3) is 6.92. The summed E-state index contributed by atoms with van der Waals surface area (Å²) in [6.45, 7) is 5.15. The van der Waals surface area contributed by atoms with Gasteiger partial charge in [0.1, 0.15) is 6.04 Å². The van der Waals surface area contributed by atoms with Crippen LogP contribution in [0.15, 0.2) is 35.9 Å². The van der Waals surface area contributed by atoms with Gasteiger partial charge in [-0.15, -0.1) is 0 Å². The van der Waals surface area contributed by atoms with Crippen LogP contribution in [0.1, 0.15) is 26.3 Å². The first-order valence-corrected chi connectivity index (χ1v) is 9.41. The third-order valence-electron chi connectivity index (χ3n) is 3.57. The van der Waals surface area contributed by atoms with Crippen molar-refractivity contribution in [1.82, 2.24) is 5.32 Å². The number of rotatable bonds is 9. The van der Waals surface area contributed by atoms with Crippen molar-refractivity contribution in [3.8, 4) is 0 Å². The highest BCUT2D eigenvalue weighted by Crippen LogP contribution is 2.22. The lowest BCUT2D eigenvalue weighted by atomic mass is 10.0. The number of esters is 2. The maximum atomic E-state index is 12.2. The number of hydrogen-bond acceptors (Lipinski definition) is 6. The van der Waals surface area contributed by atoms with Gasteiger partial charge >= 0.3 is 11.9 Å². The summed E-state index contributed by atoms with van der Waals surface area (Å²) in [4.78, 5) is 35.4. The zero-order valence-corrected chi connectivity index (χ0v) is 16.4. The van der Waals surface area contributed by atoms with Crippen LogP contribution >= 0.6 is 11.8 Å². The summed E-state index contributed by atoms with van der Waals surface area (Å²) in [6.07, 6.45) is 0. The second-order valence-electron chi connectivity index (χ2n) is 5.48. The number of ether oxygens (including phenoxy) is 2. The van der Waals surface area contributed by atoms with E-state index in [9.17, 15) is 14.4 Å². The molecule has 142 valence electrons. The number of carbonyl (C=O) groups excluding carboxylic acids is 3. The average Bonchev–Trinajstić information content (AvgIpc) is 2.63. The number of hydrogen-bond donors (Lipinski definition) is 1. The van der Waals surface area contributed by atoms with Gasteiger partial charge in [-0.05, 0) is 25.0 Å². The van der Waals surface area contributed by atoms with Gasteiger partial charge in [-0.25, -0.2) is 9.59 Å². The topological polar surface area (TPSA) is 81.7 Å². The average molecular weight is 379 g/mol. The first kappa shape index (κ1) is 21.8. The van der Waals surface area contributed by atoms with Crippen LogP contribution in [-0.2, 0) is 23.9 Å². The standard InChI is InChI=1S/C19H25NO5S/c1-5-25-19(23)17(20-14(3)21)12-26-11-16(18(22)24-4)13(2)15-9-7-6-8-10-15/h6-10,17H,5,11-12H2,1-4H3,(H,20,21)/b16-13+/t17-/m0/s1. The molecule has 0 heterocycles. The molecule has 0 saturated heterocycles. The van der Waals surface area contributed by atoms with Gasteiger partial charge in [0.2, 0.25) is 5.91 Å². The van der Waals surface area contributed by atoms with Crippen molar-refractivity contribution in [2.45, 2.75) is 26.8 Å². The summed E-state index contributed by atoms with van der Waals surface area (Å²) >= 11 is 1.36. The Morgan fingerprint density at radius 3 is 2.35 bits per heavy atom. The van der Waals surface area contributed by atoms with Gasteiger partial charge in [-0.3, -0.25) is 4.79 Å². The summed E-state index contributed by atoms with van der Waals surface area (Å²) in [5.41, 5.74) is 2.27. The van der Waals surface area contributed by atoms with E-state index in [2.05, 4.69) is 5.32 Å². The minimum Gasteiger partial charge on any atom is -0.466 e. The largest absolute Gasteiger partial charge is 0.466 e. The van der Waals surface area contributed by atoms with Crippen LogP contribution < -0.4 is 5.32 Å². The fourth-order valence-corrected chi connectivity index (χ4v) is 3.35. The Bertz CT molecular complexity index is 657. The molecule has 0 aromatic heterocycles. The summed E-state index contributed by atoms with van der Waals surface area (Å²) in [5, 5.41) is 2.58. The SMILES string of the molecule is CCOC(=O)[C@H](CSC/C(C(=O)OC)=C(/C)c1ccccc1)NC(C)=O. The van der Waals surface area contributed by atoms with E-state index in [1.807, 2.05) is 37.3 Å². The molecule has 1 amide bonds. The van der Waals surface area contributed by atoms with Gasteiger partial charge in [0.15, 0.2) is 0 Å². The molecule has 1 rings (SSSR count). The Morgan fingerprint density at radius 1 is 1.15 bits per heavy atom. The lowest BCUT2D eigenvalue weighted by Crippen LogP contribution is -2.42. The van der Waals surface area contributed by atoms with E-state index in [1.165, 1.54) is 25.8 Å². The van der Waals surface area contributed by atoms with Crippen molar-refractivity contribution < 1.29 is 23.9 Å². The zero-order chi connectivity index (χ0) is 19.5. The molecule has 0 unspecified atom stereocenters. The molecule has 0 radical (unpaired) electrons. The molecule has 0 saturated carbocycles. The second-order valence-corrected chi connectivity index (χ2v) is 6.51. The summed E-state index contributed by atoms with van der Waals surface area (Å²) in [5.74, 6) is -0.568. The quantitative estimate of drug-likeness (QED) is 0.524. The molecule has 1 N–H and O–H groups in total. The van der Waals surface area contributed by atoms with E-state index < -0.39 is 18.0 Å². The first-order chi connectivity index (χ1) is 12.4. The minimum atomic E-state index is -0.756. The maximum Gasteiger partial charge on any atom is 0.334 e. The Hall–Kier alpha value is -2.28. The first-order valence-electron chi connectivity index (χ1n) is 8.25. The van der Waals surface area contributed by atoms with Crippen molar-refractivity contribution in [3.63, 3.8) is 0 Å². The van der Waals surface area contributed by atoms with Crippen molar-refractivity contribution in [2.75, 3.05) is 25.2 Å². The lowest BCUT2D eigenvalue weighted by molar-refractivity contribution is -0.146. The number of thioether (sulfide) groups is 1. The molecule has 1 atom stereocenters. The van der Waals surface area contributed by atoms with Gasteiger partial charge in [0.05, 0.1) is 19.3 Å². The number of allylic oxidation sites excluding steroid dienone is 1. The van der Waals surface area contributed by atoms with Gasteiger partial charge in [-0.2, -0.15) is 11.8 Å². The lowest BCUT2D eigenvalue weighted by Gasteiger charge is -2.17. The molecule has 7 heteroatoms. The van der Waals surface area contributed by atoms with Crippen LogP contribution in [0.25, 0.3) is 5.57 Å². The molecule has 0 aliphatic heterocycles. The van der Waals surface area contributed by atoms with Crippen LogP contribution in [-0.4, -0.2) is 49.1 Å². The van der Waals surface area contributed by atoms with Crippen molar-refractivity contribution in [1.29, 1.82) is 0 Å². The van der Waals surface area contributed by atoms with E-state index in [0.29, 0.717) is 17.1 Å². The molecule has 0 bridgehead atoms. The smallest absolute Gasteiger partial charge is 0.334 e. The van der Waals surface area contributed by atoms with Gasteiger partial charge in [0.25, 0.3) is 0 Å². The number of methoxy groups -OCH3 is 1. The number of benzene rings is 1. The summed E-state index contributed by atoms with van der Waals surface area (Å²) < 4.78 is 9.87. The molecule has 0 aliphatic rings. The van der Waals surface area contributed by atoms with Crippen LogP contribution in [0.3, 0.4) is 0 Å². The fourth-order valence-electron chi connectivity index (χ4n) is 2.24. The van der Waals surface area contributed by atoms with Crippen molar-refractivity contribution in [2.24, 2.45) is 0 Å². The van der Waals surface area contributed by atoms with E-state index in [0.717, 1.165) is 11.1 Å². The molecule has 0 fully saturated rings. The highest BCUT2D eigenvalue weighted by atomic mass is 32.2. The number of carbonyl (C=O) groups is 3. The van der Waals surface area contributed by atoms with Gasteiger partial charge in [-0.1, -0.05) is 30.3 Å². The Balaban J connectivity index is 2.87. The molecule has 6 nitrogen and oxygen atoms in total. The Labute approximate surface area is 158 Å². The van der Waals surface area contributed by atoms with Crippen LogP contribution in [0.2, 0.25) is 0 Å². The van der Waals surface area contributed by atoms with Gasteiger partial charge in [0, 0.05) is 18.4 Å². The van der Waals surface area contributed by atoms with Crippen molar-refractivity contribution >= 4 is 35.2 Å². The summed E-state index contributed by atoms with van der Waals surface area (Å²) in [6, 6.07) is 8.78. The monoisotopic (exact) mass is 379 g/mol. The highest BCUT2D eigenvalue weighted by Gasteiger charge is 2.22. The third-order valence-corrected chi connectivity index (χ3v) is 4.63. The van der Waals surface area contributed by atoms with E-state index in [4.69, 9.17) is 9.47 Å². The van der Waals surface area contributed by atoms with Crippen LogP contribution in [0, 0.1) is 0 Å². The van der Waals surface area contributed by atoms with E-state index in [1.54, 1.807) is 6.92 Å². The Kier molecular flexibility index (Phi) is 9.51. The molecule has 26 heavy (non-hydrogen) atoms. The van der Waals surface area contributed by atoms with Gasteiger partial charge < -0.3 is 14.8 Å². The fraction of sp³-hybridized carbons (Fsp3) is 0.421.